The molecular formula is C51H31N3O. The molecule has 4 heteroatoms. The van der Waals surface area contributed by atoms with Crippen LogP contribution in [0.15, 0.2) is 192 Å². The van der Waals surface area contributed by atoms with E-state index in [1.165, 1.54) is 38.1 Å². The maximum absolute atomic E-state index is 6.68. The molecule has 0 amide bonds. The molecule has 256 valence electrons. The maximum Gasteiger partial charge on any atom is 0.164 e. The number of rotatable bonds is 5. The Morgan fingerprint density at radius 3 is 1.62 bits per heavy atom. The van der Waals surface area contributed by atoms with Gasteiger partial charge in [-0.3, -0.25) is 0 Å². The van der Waals surface area contributed by atoms with Crippen LogP contribution in [0.25, 0.3) is 111 Å². The number of hydrogen-bond donors (Lipinski definition) is 0. The van der Waals surface area contributed by atoms with Crippen LogP contribution in [-0.2, 0) is 0 Å². The summed E-state index contributed by atoms with van der Waals surface area (Å²) in [5.41, 5.74) is 8.82. The Morgan fingerprint density at radius 1 is 0.309 bits per heavy atom. The van der Waals surface area contributed by atoms with Crippen molar-refractivity contribution < 1.29 is 4.42 Å². The van der Waals surface area contributed by atoms with Crippen molar-refractivity contribution in [3.63, 3.8) is 0 Å². The van der Waals surface area contributed by atoms with Gasteiger partial charge in [0.1, 0.15) is 11.2 Å². The minimum atomic E-state index is 0.594. The van der Waals surface area contributed by atoms with E-state index in [0.29, 0.717) is 17.5 Å². The predicted octanol–water partition coefficient (Wildman–Crippen LogP) is 13.6. The van der Waals surface area contributed by atoms with Gasteiger partial charge >= 0.3 is 0 Å². The van der Waals surface area contributed by atoms with E-state index in [1.807, 2.05) is 48.5 Å². The third kappa shape index (κ3) is 5.26. The molecule has 0 fully saturated rings. The summed E-state index contributed by atoms with van der Waals surface area (Å²) in [5.74, 6) is 1.83. The second kappa shape index (κ2) is 12.6. The summed E-state index contributed by atoms with van der Waals surface area (Å²) in [6.45, 7) is 0. The lowest BCUT2D eigenvalue weighted by Crippen LogP contribution is -2.00. The Kier molecular flexibility index (Phi) is 7.14. The molecular weight excluding hydrogens is 671 g/mol. The molecule has 0 aliphatic rings. The van der Waals surface area contributed by atoms with E-state index in [2.05, 4.69) is 140 Å². The summed E-state index contributed by atoms with van der Waals surface area (Å²) < 4.78 is 6.68. The van der Waals surface area contributed by atoms with Gasteiger partial charge in [0.05, 0.1) is 0 Å². The fourth-order valence-corrected chi connectivity index (χ4v) is 8.02. The number of para-hydroxylation sites is 1. The first-order valence-electron chi connectivity index (χ1n) is 18.5. The van der Waals surface area contributed by atoms with E-state index in [0.717, 1.165) is 55.1 Å². The Morgan fingerprint density at radius 2 is 0.836 bits per heavy atom. The van der Waals surface area contributed by atoms with Crippen molar-refractivity contribution in [2.75, 3.05) is 0 Å². The van der Waals surface area contributed by atoms with E-state index in [4.69, 9.17) is 19.4 Å². The average molecular weight is 702 g/mol. The topological polar surface area (TPSA) is 51.8 Å². The van der Waals surface area contributed by atoms with Gasteiger partial charge < -0.3 is 4.42 Å². The van der Waals surface area contributed by atoms with Crippen molar-refractivity contribution in [1.82, 2.24) is 15.0 Å². The highest BCUT2D eigenvalue weighted by atomic mass is 16.3. The van der Waals surface area contributed by atoms with Crippen molar-refractivity contribution in [3.05, 3.63) is 188 Å². The SMILES string of the molecule is c1ccc(-c2ccc(-c3ccc(-c4nc(-c5ccccc5)nc(-c5ccc6c(ccc7c8ccccc8ccc67)c5)n4)c4c3oc3ccccc34)cc2)cc1. The monoisotopic (exact) mass is 701 g/mol. The van der Waals surface area contributed by atoms with Crippen LogP contribution in [0, 0.1) is 0 Å². The zero-order chi connectivity index (χ0) is 36.3. The summed E-state index contributed by atoms with van der Waals surface area (Å²) in [6.07, 6.45) is 0. The quantitative estimate of drug-likeness (QED) is 0.168. The van der Waals surface area contributed by atoms with Gasteiger partial charge in [-0.25, -0.2) is 15.0 Å². The Labute approximate surface area is 317 Å². The molecule has 2 aromatic heterocycles. The van der Waals surface area contributed by atoms with Crippen LogP contribution in [0.1, 0.15) is 0 Å². The van der Waals surface area contributed by atoms with E-state index >= 15 is 0 Å². The van der Waals surface area contributed by atoms with Crippen LogP contribution in [0.4, 0.5) is 0 Å². The zero-order valence-corrected chi connectivity index (χ0v) is 29.6. The molecule has 0 spiro atoms. The van der Waals surface area contributed by atoms with Gasteiger partial charge in [0, 0.05) is 33.0 Å². The van der Waals surface area contributed by atoms with Gasteiger partial charge in [0.15, 0.2) is 17.5 Å². The summed E-state index contributed by atoms with van der Waals surface area (Å²) in [5, 5.41) is 9.31. The first-order chi connectivity index (χ1) is 27.2. The van der Waals surface area contributed by atoms with Crippen LogP contribution in [-0.4, -0.2) is 15.0 Å². The lowest BCUT2D eigenvalue weighted by molar-refractivity contribution is 0.670. The van der Waals surface area contributed by atoms with Crippen molar-refractivity contribution in [1.29, 1.82) is 0 Å². The standard InChI is InChI=1S/C51H31N3O/c1-3-11-32(12-4-1)33-19-21-35(22-20-33)41-29-30-45(47-44-17-9-10-18-46(44)55-48(41)47)51-53-49(36-14-5-2-6-15-36)52-50(54-51)38-25-26-40-37(31-38)24-28-42-39-16-8-7-13-34(39)23-27-43(40)42/h1-31H. The highest BCUT2D eigenvalue weighted by Crippen LogP contribution is 2.42. The summed E-state index contributed by atoms with van der Waals surface area (Å²) in [4.78, 5) is 15.5. The van der Waals surface area contributed by atoms with E-state index in [9.17, 15) is 0 Å². The maximum atomic E-state index is 6.68. The molecule has 0 unspecified atom stereocenters. The number of fused-ring (bicyclic) bond motifs is 8. The lowest BCUT2D eigenvalue weighted by atomic mass is 9.96. The summed E-state index contributed by atoms with van der Waals surface area (Å²) >= 11 is 0. The predicted molar refractivity (Wildman–Crippen MR) is 227 cm³/mol. The molecule has 0 bridgehead atoms. The molecule has 0 N–H and O–H groups in total. The highest BCUT2D eigenvalue weighted by molar-refractivity contribution is 6.18. The van der Waals surface area contributed by atoms with Crippen molar-refractivity contribution in [2.45, 2.75) is 0 Å². The van der Waals surface area contributed by atoms with Crippen LogP contribution >= 0.6 is 0 Å². The van der Waals surface area contributed by atoms with E-state index in [1.54, 1.807) is 0 Å². The van der Waals surface area contributed by atoms with Gasteiger partial charge in [-0.1, -0.05) is 164 Å². The number of nitrogens with zero attached hydrogens (tertiary/aromatic N) is 3. The van der Waals surface area contributed by atoms with Crippen LogP contribution in [0.2, 0.25) is 0 Å². The van der Waals surface area contributed by atoms with Crippen LogP contribution in [0.5, 0.6) is 0 Å². The lowest BCUT2D eigenvalue weighted by Gasteiger charge is -2.12. The fourth-order valence-electron chi connectivity index (χ4n) is 8.02. The van der Waals surface area contributed by atoms with Crippen molar-refractivity contribution in [2.24, 2.45) is 0 Å². The third-order valence-corrected chi connectivity index (χ3v) is 10.7. The molecule has 0 radical (unpaired) electrons. The van der Waals surface area contributed by atoms with Gasteiger partial charge in [-0.05, 0) is 73.3 Å². The minimum absolute atomic E-state index is 0.594. The van der Waals surface area contributed by atoms with E-state index in [-0.39, 0.29) is 0 Å². The Bertz CT molecular complexity index is 3240. The normalized spacial score (nSPS) is 11.6. The molecule has 0 aliphatic heterocycles. The smallest absolute Gasteiger partial charge is 0.164 e. The van der Waals surface area contributed by atoms with Gasteiger partial charge in [0.25, 0.3) is 0 Å². The molecule has 0 atom stereocenters. The molecule has 2 heterocycles. The Balaban J connectivity index is 1.09. The molecule has 0 saturated heterocycles. The second-order valence-electron chi connectivity index (χ2n) is 14.0. The number of furan rings is 1. The molecule has 11 aromatic rings. The second-order valence-corrected chi connectivity index (χ2v) is 14.0. The van der Waals surface area contributed by atoms with Crippen LogP contribution < -0.4 is 0 Å². The Hall–Kier alpha value is -7.43. The number of benzene rings is 9. The van der Waals surface area contributed by atoms with Crippen molar-refractivity contribution in [3.8, 4) is 56.4 Å². The van der Waals surface area contributed by atoms with Gasteiger partial charge in [-0.2, -0.15) is 0 Å². The van der Waals surface area contributed by atoms with Crippen molar-refractivity contribution >= 4 is 54.3 Å². The van der Waals surface area contributed by atoms with Crippen LogP contribution in [0.3, 0.4) is 0 Å². The fraction of sp³-hybridized carbons (Fsp3) is 0. The molecule has 11 rings (SSSR count). The highest BCUT2D eigenvalue weighted by Gasteiger charge is 2.21. The minimum Gasteiger partial charge on any atom is -0.455 e. The molecule has 4 nitrogen and oxygen atoms in total. The molecule has 0 saturated carbocycles. The largest absolute Gasteiger partial charge is 0.455 e. The summed E-state index contributed by atoms with van der Waals surface area (Å²) in [6, 6.07) is 65.7. The van der Waals surface area contributed by atoms with E-state index < -0.39 is 0 Å². The first-order valence-corrected chi connectivity index (χ1v) is 18.5. The average Bonchev–Trinajstić information content (AvgIpc) is 3.66. The molecule has 0 aliphatic carbocycles. The summed E-state index contributed by atoms with van der Waals surface area (Å²) in [7, 11) is 0. The molecule has 9 aromatic carbocycles. The third-order valence-electron chi connectivity index (χ3n) is 10.7. The zero-order valence-electron chi connectivity index (χ0n) is 29.6. The van der Waals surface area contributed by atoms with Gasteiger partial charge in [0.2, 0.25) is 0 Å². The van der Waals surface area contributed by atoms with Gasteiger partial charge in [-0.15, -0.1) is 0 Å². The first kappa shape index (κ1) is 31.1. The number of hydrogen-bond acceptors (Lipinski definition) is 4. The number of aromatic nitrogens is 3. The molecule has 55 heavy (non-hydrogen) atoms.